The number of carbonyl (C=O) groups excluding carboxylic acids is 1. The van der Waals surface area contributed by atoms with Gasteiger partial charge in [0.05, 0.1) is 5.54 Å². The van der Waals surface area contributed by atoms with Gasteiger partial charge in [0.25, 0.3) is 0 Å². The van der Waals surface area contributed by atoms with E-state index in [-0.39, 0.29) is 11.4 Å². The second-order valence-electron chi connectivity index (χ2n) is 6.57. The first-order chi connectivity index (χ1) is 9.60. The van der Waals surface area contributed by atoms with E-state index in [2.05, 4.69) is 37.4 Å². The minimum Gasteiger partial charge on any atom is -0.310 e. The topological polar surface area (TPSA) is 32.3 Å². The molecule has 0 spiro atoms. The van der Waals surface area contributed by atoms with Gasteiger partial charge in [0.2, 0.25) is 5.91 Å². The van der Waals surface area contributed by atoms with Crippen LogP contribution < -0.4 is 10.2 Å². The number of amides is 1. The van der Waals surface area contributed by atoms with Crippen LogP contribution in [0.2, 0.25) is 0 Å². The van der Waals surface area contributed by atoms with Crippen LogP contribution in [0, 0.1) is 5.92 Å². The van der Waals surface area contributed by atoms with Crippen LogP contribution >= 0.6 is 0 Å². The summed E-state index contributed by atoms with van der Waals surface area (Å²) in [5.74, 6) is 0.775. The number of nitrogens with zero attached hydrogens (tertiary/aromatic N) is 1. The van der Waals surface area contributed by atoms with Crippen molar-refractivity contribution in [3.05, 3.63) is 29.8 Å². The van der Waals surface area contributed by atoms with Crippen LogP contribution in [-0.2, 0) is 11.2 Å². The molecule has 3 rings (SSSR count). The van der Waals surface area contributed by atoms with E-state index in [9.17, 15) is 4.79 Å². The molecule has 0 aromatic heterocycles. The zero-order chi connectivity index (χ0) is 14.2. The van der Waals surface area contributed by atoms with Crippen molar-refractivity contribution in [3.63, 3.8) is 0 Å². The maximum Gasteiger partial charge on any atom is 0.247 e. The SMILES string of the molecule is CC1Cc2ccccc2N(C(=O)C2(C)CCCCN2)C1. The number of anilines is 1. The van der Waals surface area contributed by atoms with Crippen LogP contribution in [0.25, 0.3) is 0 Å². The number of hydrogen-bond donors (Lipinski definition) is 1. The maximum absolute atomic E-state index is 13.0. The summed E-state index contributed by atoms with van der Waals surface area (Å²) in [4.78, 5) is 15.1. The predicted octanol–water partition coefficient (Wildman–Crippen LogP) is 2.74. The molecule has 0 radical (unpaired) electrons. The first-order valence-corrected chi connectivity index (χ1v) is 7.75. The standard InChI is InChI=1S/C17H24N2O/c1-13-11-14-7-3-4-8-15(14)19(12-13)16(20)17(2)9-5-6-10-18-17/h3-4,7-8,13,18H,5-6,9-12H2,1-2H3. The van der Waals surface area contributed by atoms with Crippen molar-refractivity contribution in [2.45, 2.75) is 45.1 Å². The molecule has 3 nitrogen and oxygen atoms in total. The Morgan fingerprint density at radius 2 is 2.15 bits per heavy atom. The van der Waals surface area contributed by atoms with Crippen molar-refractivity contribution in [1.29, 1.82) is 0 Å². The van der Waals surface area contributed by atoms with Crippen LogP contribution in [-0.4, -0.2) is 24.5 Å². The van der Waals surface area contributed by atoms with Crippen molar-refractivity contribution in [1.82, 2.24) is 5.32 Å². The van der Waals surface area contributed by atoms with Gasteiger partial charge in [0.1, 0.15) is 0 Å². The molecule has 108 valence electrons. The van der Waals surface area contributed by atoms with Gasteiger partial charge in [-0.1, -0.05) is 25.1 Å². The molecular weight excluding hydrogens is 248 g/mol. The molecule has 2 atom stereocenters. The Kier molecular flexibility index (Phi) is 3.55. The predicted molar refractivity (Wildman–Crippen MR) is 81.9 cm³/mol. The van der Waals surface area contributed by atoms with E-state index in [1.165, 1.54) is 12.0 Å². The van der Waals surface area contributed by atoms with Gasteiger partial charge in [-0.3, -0.25) is 4.79 Å². The first kappa shape index (κ1) is 13.6. The summed E-state index contributed by atoms with van der Waals surface area (Å²) >= 11 is 0. The van der Waals surface area contributed by atoms with Crippen LogP contribution in [0.5, 0.6) is 0 Å². The van der Waals surface area contributed by atoms with E-state index in [4.69, 9.17) is 0 Å². The minimum atomic E-state index is -0.386. The zero-order valence-corrected chi connectivity index (χ0v) is 12.5. The van der Waals surface area contributed by atoms with E-state index < -0.39 is 0 Å². The summed E-state index contributed by atoms with van der Waals surface area (Å²) in [5, 5.41) is 3.45. The van der Waals surface area contributed by atoms with Gasteiger partial charge in [-0.25, -0.2) is 0 Å². The van der Waals surface area contributed by atoms with Gasteiger partial charge in [0, 0.05) is 12.2 Å². The van der Waals surface area contributed by atoms with Crippen LogP contribution in [0.15, 0.2) is 24.3 Å². The Bertz CT molecular complexity index is 505. The molecular formula is C17H24N2O. The van der Waals surface area contributed by atoms with Crippen LogP contribution in [0.4, 0.5) is 5.69 Å². The lowest BCUT2D eigenvalue weighted by Gasteiger charge is -2.41. The largest absolute Gasteiger partial charge is 0.310 e. The number of piperidine rings is 1. The second-order valence-corrected chi connectivity index (χ2v) is 6.57. The van der Waals surface area contributed by atoms with Gasteiger partial charge in [-0.15, -0.1) is 0 Å². The molecule has 20 heavy (non-hydrogen) atoms. The fraction of sp³-hybridized carbons (Fsp3) is 0.588. The summed E-state index contributed by atoms with van der Waals surface area (Å²) in [5.41, 5.74) is 2.03. The molecule has 0 bridgehead atoms. The van der Waals surface area contributed by atoms with Crippen LogP contribution in [0.3, 0.4) is 0 Å². The summed E-state index contributed by atoms with van der Waals surface area (Å²) in [7, 11) is 0. The molecule has 2 heterocycles. The Balaban J connectivity index is 1.91. The molecule has 1 fully saturated rings. The second kappa shape index (κ2) is 5.21. The highest BCUT2D eigenvalue weighted by Crippen LogP contribution is 2.32. The summed E-state index contributed by atoms with van der Waals surface area (Å²) in [6.45, 7) is 6.09. The highest BCUT2D eigenvalue weighted by molar-refractivity contribution is 6.01. The molecule has 2 aliphatic heterocycles. The van der Waals surface area contributed by atoms with E-state index in [0.29, 0.717) is 5.92 Å². The van der Waals surface area contributed by atoms with Crippen molar-refractivity contribution in [3.8, 4) is 0 Å². The molecule has 1 aromatic rings. The van der Waals surface area contributed by atoms with Gasteiger partial charge >= 0.3 is 0 Å². The van der Waals surface area contributed by atoms with E-state index in [0.717, 1.165) is 38.0 Å². The number of carbonyl (C=O) groups is 1. The third kappa shape index (κ3) is 2.35. The molecule has 1 N–H and O–H groups in total. The lowest BCUT2D eigenvalue weighted by Crippen LogP contribution is -2.59. The van der Waals surface area contributed by atoms with Gasteiger partial charge in [0.15, 0.2) is 0 Å². The number of para-hydroxylation sites is 1. The van der Waals surface area contributed by atoms with Crippen molar-refractivity contribution < 1.29 is 4.79 Å². The Hall–Kier alpha value is -1.35. The smallest absolute Gasteiger partial charge is 0.247 e. The van der Waals surface area contributed by atoms with Gasteiger partial charge in [-0.2, -0.15) is 0 Å². The number of nitrogens with one attached hydrogen (secondary N) is 1. The Morgan fingerprint density at radius 1 is 1.35 bits per heavy atom. The highest BCUT2D eigenvalue weighted by atomic mass is 16.2. The molecule has 0 saturated carbocycles. The number of rotatable bonds is 1. The van der Waals surface area contributed by atoms with E-state index in [1.807, 2.05) is 11.0 Å². The van der Waals surface area contributed by atoms with Crippen molar-refractivity contribution in [2.75, 3.05) is 18.0 Å². The van der Waals surface area contributed by atoms with Crippen molar-refractivity contribution >= 4 is 11.6 Å². The molecule has 2 unspecified atom stereocenters. The van der Waals surface area contributed by atoms with Gasteiger partial charge < -0.3 is 10.2 Å². The molecule has 3 heteroatoms. The lowest BCUT2D eigenvalue weighted by molar-refractivity contribution is -0.125. The number of hydrogen-bond acceptors (Lipinski definition) is 2. The summed E-state index contributed by atoms with van der Waals surface area (Å²) in [6, 6.07) is 8.35. The third-order valence-corrected chi connectivity index (χ3v) is 4.68. The summed E-state index contributed by atoms with van der Waals surface area (Å²) in [6.07, 6.45) is 4.33. The number of benzene rings is 1. The average Bonchev–Trinajstić information content (AvgIpc) is 2.46. The normalized spacial score (nSPS) is 29.9. The third-order valence-electron chi connectivity index (χ3n) is 4.68. The minimum absolute atomic E-state index is 0.246. The van der Waals surface area contributed by atoms with Gasteiger partial charge in [-0.05, 0) is 56.7 Å². The zero-order valence-electron chi connectivity index (χ0n) is 12.5. The van der Waals surface area contributed by atoms with E-state index >= 15 is 0 Å². The molecule has 1 amide bonds. The Morgan fingerprint density at radius 3 is 2.90 bits per heavy atom. The molecule has 1 saturated heterocycles. The molecule has 0 aliphatic carbocycles. The fourth-order valence-corrected chi connectivity index (χ4v) is 3.53. The monoisotopic (exact) mass is 272 g/mol. The fourth-order valence-electron chi connectivity index (χ4n) is 3.53. The molecule has 2 aliphatic rings. The quantitative estimate of drug-likeness (QED) is 0.852. The highest BCUT2D eigenvalue weighted by Gasteiger charge is 2.39. The molecule has 1 aromatic carbocycles. The number of fused-ring (bicyclic) bond motifs is 1. The van der Waals surface area contributed by atoms with Crippen LogP contribution in [0.1, 0.15) is 38.7 Å². The summed E-state index contributed by atoms with van der Waals surface area (Å²) < 4.78 is 0. The van der Waals surface area contributed by atoms with Crippen molar-refractivity contribution in [2.24, 2.45) is 5.92 Å². The average molecular weight is 272 g/mol. The van der Waals surface area contributed by atoms with E-state index in [1.54, 1.807) is 0 Å². The first-order valence-electron chi connectivity index (χ1n) is 7.75. The maximum atomic E-state index is 13.0. The Labute approximate surface area is 121 Å². The lowest BCUT2D eigenvalue weighted by atomic mass is 9.87.